The van der Waals surface area contributed by atoms with Crippen LogP contribution in [0, 0.1) is 13.8 Å². The van der Waals surface area contributed by atoms with Gasteiger partial charge in [-0.2, -0.15) is 0 Å². The van der Waals surface area contributed by atoms with E-state index in [1.165, 1.54) is 11.3 Å². The molecule has 2 rings (SSSR count). The lowest BCUT2D eigenvalue weighted by Crippen LogP contribution is -2.11. The second-order valence-corrected chi connectivity index (χ2v) is 6.77. The van der Waals surface area contributed by atoms with Crippen molar-refractivity contribution in [1.29, 1.82) is 0 Å². The van der Waals surface area contributed by atoms with Crippen LogP contribution in [0.15, 0.2) is 28.7 Å². The molecule has 1 aromatic heterocycles. The van der Waals surface area contributed by atoms with Gasteiger partial charge in [0, 0.05) is 9.35 Å². The van der Waals surface area contributed by atoms with E-state index in [0.29, 0.717) is 15.6 Å². The van der Waals surface area contributed by atoms with Crippen LogP contribution in [-0.4, -0.2) is 12.4 Å². The molecule has 0 bridgehead atoms. The highest BCUT2D eigenvalue weighted by Crippen LogP contribution is 2.32. The Balaban J connectivity index is 2.09. The first kappa shape index (κ1) is 14.6. The second-order valence-electron chi connectivity index (χ2n) is 4.16. The zero-order valence-corrected chi connectivity index (χ0v) is 13.7. The maximum absolute atomic E-state index is 12.0. The van der Waals surface area contributed by atoms with E-state index in [1.54, 1.807) is 6.07 Å². The number of ketones is 1. The molecule has 1 aromatic carbocycles. The lowest BCUT2D eigenvalue weighted by molar-refractivity contribution is 0.0925. The zero-order chi connectivity index (χ0) is 14.0. The van der Waals surface area contributed by atoms with E-state index in [0.717, 1.165) is 14.9 Å². The average Bonchev–Trinajstić information content (AvgIpc) is 2.74. The fraction of sp³-hybridized carbons (Fsp3) is 0.214. The third-order valence-corrected chi connectivity index (χ3v) is 4.34. The Kier molecular flexibility index (Phi) is 4.66. The summed E-state index contributed by atoms with van der Waals surface area (Å²) in [5.74, 6) is 0.531. The summed E-state index contributed by atoms with van der Waals surface area (Å²) in [6.07, 6.45) is 0. The molecule has 0 fully saturated rings. The summed E-state index contributed by atoms with van der Waals surface area (Å²) in [4.78, 5) is 13.8. The highest BCUT2D eigenvalue weighted by molar-refractivity contribution is 9.10. The average molecular weight is 360 g/mol. The van der Waals surface area contributed by atoms with Crippen molar-refractivity contribution in [3.8, 4) is 5.75 Å². The fourth-order valence-electron chi connectivity index (χ4n) is 1.67. The van der Waals surface area contributed by atoms with Gasteiger partial charge in [0.1, 0.15) is 5.75 Å². The first-order chi connectivity index (χ1) is 8.97. The SMILES string of the molecule is Cc1ccc(C(=O)COc2c(C)cc(Br)cc2Cl)s1. The Morgan fingerprint density at radius 2 is 2.11 bits per heavy atom. The number of hydrogen-bond acceptors (Lipinski definition) is 3. The van der Waals surface area contributed by atoms with Gasteiger partial charge >= 0.3 is 0 Å². The molecule has 0 aliphatic carbocycles. The number of hydrogen-bond donors (Lipinski definition) is 0. The van der Waals surface area contributed by atoms with E-state index in [2.05, 4.69) is 15.9 Å². The van der Waals surface area contributed by atoms with Crippen molar-refractivity contribution in [3.63, 3.8) is 0 Å². The molecule has 2 aromatic rings. The maximum Gasteiger partial charge on any atom is 0.210 e. The number of carbonyl (C=O) groups is 1. The van der Waals surface area contributed by atoms with E-state index in [1.807, 2.05) is 32.0 Å². The predicted octanol–water partition coefficient (Wildman–Crippen LogP) is 5.04. The monoisotopic (exact) mass is 358 g/mol. The fourth-order valence-corrected chi connectivity index (χ4v) is 3.48. The van der Waals surface area contributed by atoms with Crippen LogP contribution in [0.5, 0.6) is 5.75 Å². The highest BCUT2D eigenvalue weighted by atomic mass is 79.9. The Hall–Kier alpha value is -0.840. The topological polar surface area (TPSA) is 26.3 Å². The molecule has 1 heterocycles. The van der Waals surface area contributed by atoms with Gasteiger partial charge in [0.25, 0.3) is 0 Å². The quantitative estimate of drug-likeness (QED) is 0.715. The van der Waals surface area contributed by atoms with Crippen LogP contribution in [-0.2, 0) is 0 Å². The van der Waals surface area contributed by atoms with Crippen molar-refractivity contribution >= 4 is 44.7 Å². The van der Waals surface area contributed by atoms with Crippen LogP contribution in [0.3, 0.4) is 0 Å². The molecule has 0 unspecified atom stereocenters. The summed E-state index contributed by atoms with van der Waals surface area (Å²) >= 11 is 10.9. The van der Waals surface area contributed by atoms with Gasteiger partial charge in [-0.1, -0.05) is 27.5 Å². The third kappa shape index (κ3) is 3.59. The third-order valence-electron chi connectivity index (χ3n) is 2.56. The number of thiophene rings is 1. The minimum atomic E-state index is -0.0310. The van der Waals surface area contributed by atoms with Crippen molar-refractivity contribution in [1.82, 2.24) is 0 Å². The van der Waals surface area contributed by atoms with Crippen LogP contribution in [0.25, 0.3) is 0 Å². The van der Waals surface area contributed by atoms with Crippen molar-refractivity contribution in [3.05, 3.63) is 49.1 Å². The molecule has 0 saturated carbocycles. The van der Waals surface area contributed by atoms with Crippen molar-refractivity contribution in [2.75, 3.05) is 6.61 Å². The number of ether oxygens (including phenoxy) is 1. The molecule has 0 spiro atoms. The largest absolute Gasteiger partial charge is 0.484 e. The van der Waals surface area contributed by atoms with Crippen molar-refractivity contribution < 1.29 is 9.53 Å². The molecule has 0 radical (unpaired) electrons. The predicted molar refractivity (Wildman–Crippen MR) is 82.8 cm³/mol. The van der Waals surface area contributed by atoms with E-state index < -0.39 is 0 Å². The Labute approximate surface area is 129 Å². The van der Waals surface area contributed by atoms with Gasteiger partial charge in [-0.05, 0) is 43.7 Å². The molecule has 0 atom stereocenters. The summed E-state index contributed by atoms with van der Waals surface area (Å²) in [7, 11) is 0. The number of benzene rings is 1. The Bertz CT molecular complexity index is 599. The zero-order valence-electron chi connectivity index (χ0n) is 10.5. The molecule has 19 heavy (non-hydrogen) atoms. The number of halogens is 2. The van der Waals surface area contributed by atoms with Gasteiger partial charge in [0.2, 0.25) is 5.78 Å². The number of aryl methyl sites for hydroxylation is 2. The lowest BCUT2D eigenvalue weighted by atomic mass is 10.2. The Morgan fingerprint density at radius 3 is 2.68 bits per heavy atom. The van der Waals surface area contributed by atoms with Gasteiger partial charge in [-0.15, -0.1) is 11.3 Å². The molecule has 2 nitrogen and oxygen atoms in total. The highest BCUT2D eigenvalue weighted by Gasteiger charge is 2.12. The summed E-state index contributed by atoms with van der Waals surface area (Å²) in [6.45, 7) is 3.87. The van der Waals surface area contributed by atoms with Gasteiger partial charge in [0.15, 0.2) is 6.61 Å². The minimum Gasteiger partial charge on any atom is -0.484 e. The summed E-state index contributed by atoms with van der Waals surface area (Å²) < 4.78 is 6.44. The molecule has 0 aliphatic rings. The lowest BCUT2D eigenvalue weighted by Gasteiger charge is -2.10. The second kappa shape index (κ2) is 6.07. The summed E-state index contributed by atoms with van der Waals surface area (Å²) in [6, 6.07) is 7.40. The van der Waals surface area contributed by atoms with E-state index >= 15 is 0 Å². The minimum absolute atomic E-state index is 0.00213. The van der Waals surface area contributed by atoms with Crippen LogP contribution in [0.2, 0.25) is 5.02 Å². The standard InChI is InChI=1S/C14H12BrClO2S/c1-8-5-10(15)6-11(16)14(8)18-7-12(17)13-4-3-9(2)19-13/h3-6H,7H2,1-2H3. The first-order valence-electron chi connectivity index (χ1n) is 5.65. The molecule has 0 N–H and O–H groups in total. The molecule has 0 amide bonds. The Morgan fingerprint density at radius 1 is 1.37 bits per heavy atom. The van der Waals surface area contributed by atoms with E-state index in [-0.39, 0.29) is 12.4 Å². The molecular weight excluding hydrogens is 348 g/mol. The van der Waals surface area contributed by atoms with Crippen molar-refractivity contribution in [2.24, 2.45) is 0 Å². The molecule has 0 saturated heterocycles. The normalized spacial score (nSPS) is 10.5. The van der Waals surface area contributed by atoms with Crippen LogP contribution < -0.4 is 4.74 Å². The van der Waals surface area contributed by atoms with Crippen molar-refractivity contribution in [2.45, 2.75) is 13.8 Å². The first-order valence-corrected chi connectivity index (χ1v) is 7.64. The van der Waals surface area contributed by atoms with E-state index in [9.17, 15) is 4.79 Å². The van der Waals surface area contributed by atoms with Gasteiger partial charge in [-0.3, -0.25) is 4.79 Å². The molecule has 0 aliphatic heterocycles. The molecule has 100 valence electrons. The number of carbonyl (C=O) groups excluding carboxylic acids is 1. The van der Waals surface area contributed by atoms with E-state index in [4.69, 9.17) is 16.3 Å². The summed E-state index contributed by atoms with van der Waals surface area (Å²) in [5.41, 5.74) is 0.898. The van der Waals surface area contributed by atoms with Gasteiger partial charge in [0.05, 0.1) is 9.90 Å². The molecular formula is C14H12BrClO2S. The van der Waals surface area contributed by atoms with Crippen LogP contribution in [0.1, 0.15) is 20.1 Å². The van der Waals surface area contributed by atoms with Crippen LogP contribution >= 0.6 is 38.9 Å². The van der Waals surface area contributed by atoms with Crippen LogP contribution in [0.4, 0.5) is 0 Å². The summed E-state index contributed by atoms with van der Waals surface area (Å²) in [5, 5.41) is 0.502. The maximum atomic E-state index is 12.0. The van der Waals surface area contributed by atoms with Gasteiger partial charge < -0.3 is 4.74 Å². The number of Topliss-reactive ketones (excluding diaryl/α,β-unsaturated/α-hetero) is 1. The van der Waals surface area contributed by atoms with Gasteiger partial charge in [-0.25, -0.2) is 0 Å². The number of rotatable bonds is 4. The molecule has 5 heteroatoms. The smallest absolute Gasteiger partial charge is 0.210 e.